The van der Waals surface area contributed by atoms with Crippen molar-refractivity contribution in [2.45, 2.75) is 84.0 Å². The minimum atomic E-state index is -0.869. The molecule has 5 nitrogen and oxygen atoms in total. The Morgan fingerprint density at radius 2 is 1.81 bits per heavy atom. The first-order valence-corrected chi connectivity index (χ1v) is 9.61. The maximum Gasteiger partial charge on any atom is 0.264 e. The lowest BCUT2D eigenvalue weighted by molar-refractivity contribution is -0.138. The second-order valence-electron chi connectivity index (χ2n) is 8.05. The van der Waals surface area contributed by atoms with Gasteiger partial charge in [-0.3, -0.25) is 4.79 Å². The number of carbonyl (C=O) groups is 1. The van der Waals surface area contributed by atoms with Crippen molar-refractivity contribution in [2.75, 3.05) is 7.11 Å². The first kappa shape index (κ1) is 19.0. The SMILES string of the molecule is COC1CCC(NC(=O)C2(C)CCc3c(C)c(O)c(C)c(C)c3O2)CC1. The van der Waals surface area contributed by atoms with Crippen molar-refractivity contribution in [3.05, 3.63) is 22.3 Å². The van der Waals surface area contributed by atoms with Crippen LogP contribution in [0.3, 0.4) is 0 Å². The molecule has 1 heterocycles. The number of hydrogen-bond donors (Lipinski definition) is 2. The fourth-order valence-electron chi connectivity index (χ4n) is 4.19. The Bertz CT molecular complexity index is 707. The molecule has 3 rings (SSSR count). The van der Waals surface area contributed by atoms with Crippen molar-refractivity contribution in [3.63, 3.8) is 0 Å². The van der Waals surface area contributed by atoms with Gasteiger partial charge in [0.1, 0.15) is 11.5 Å². The van der Waals surface area contributed by atoms with Crippen LogP contribution in [0.5, 0.6) is 11.5 Å². The molecule has 0 radical (unpaired) electrons. The van der Waals surface area contributed by atoms with Crippen molar-refractivity contribution in [1.29, 1.82) is 0 Å². The van der Waals surface area contributed by atoms with Gasteiger partial charge in [-0.1, -0.05) is 0 Å². The number of phenols is 1. The topological polar surface area (TPSA) is 67.8 Å². The lowest BCUT2D eigenvalue weighted by Gasteiger charge is -2.38. The van der Waals surface area contributed by atoms with Gasteiger partial charge in [0, 0.05) is 25.1 Å². The number of nitrogens with one attached hydrogen (secondary N) is 1. The third kappa shape index (κ3) is 3.29. The van der Waals surface area contributed by atoms with Crippen LogP contribution in [0, 0.1) is 20.8 Å². The number of phenolic OH excluding ortho intramolecular Hbond substituents is 1. The summed E-state index contributed by atoms with van der Waals surface area (Å²) in [6, 6.07) is 0.195. The van der Waals surface area contributed by atoms with Crippen LogP contribution in [0.1, 0.15) is 61.3 Å². The molecule has 1 aromatic carbocycles. The number of hydrogen-bond acceptors (Lipinski definition) is 4. The zero-order valence-electron chi connectivity index (χ0n) is 16.6. The highest BCUT2D eigenvalue weighted by Crippen LogP contribution is 2.43. The standard InChI is InChI=1S/C21H31NO4/c1-12-13(2)19-17(14(3)18(12)23)10-11-21(4,26-19)20(24)22-15-6-8-16(25-5)9-7-15/h15-16,23H,6-11H2,1-5H3,(H,22,24). The lowest BCUT2D eigenvalue weighted by Crippen LogP contribution is -2.54. The van der Waals surface area contributed by atoms with Gasteiger partial charge in [-0.25, -0.2) is 0 Å². The molecule has 2 N–H and O–H groups in total. The third-order valence-corrected chi connectivity index (χ3v) is 6.34. The van der Waals surface area contributed by atoms with Gasteiger partial charge < -0.3 is 19.9 Å². The molecule has 1 fully saturated rings. The van der Waals surface area contributed by atoms with E-state index >= 15 is 0 Å². The Morgan fingerprint density at radius 1 is 1.15 bits per heavy atom. The Balaban J connectivity index is 1.75. The average Bonchev–Trinajstić information content (AvgIpc) is 2.65. The number of fused-ring (bicyclic) bond motifs is 1. The summed E-state index contributed by atoms with van der Waals surface area (Å²) in [4.78, 5) is 13.0. The second kappa shape index (κ2) is 7.10. The fraction of sp³-hybridized carbons (Fsp3) is 0.667. The maximum absolute atomic E-state index is 13.0. The van der Waals surface area contributed by atoms with E-state index in [1.54, 1.807) is 7.11 Å². The monoisotopic (exact) mass is 361 g/mol. The molecule has 26 heavy (non-hydrogen) atoms. The van der Waals surface area contributed by atoms with E-state index in [4.69, 9.17) is 9.47 Å². The number of rotatable bonds is 3. The summed E-state index contributed by atoms with van der Waals surface area (Å²) in [5, 5.41) is 13.5. The molecule has 1 aliphatic carbocycles. The summed E-state index contributed by atoms with van der Waals surface area (Å²) < 4.78 is 11.7. The van der Waals surface area contributed by atoms with Crippen LogP contribution in [0.4, 0.5) is 0 Å². The highest BCUT2D eigenvalue weighted by molar-refractivity contribution is 5.86. The summed E-state index contributed by atoms with van der Waals surface area (Å²) in [5.74, 6) is 1.07. The van der Waals surface area contributed by atoms with Gasteiger partial charge in [0.05, 0.1) is 6.10 Å². The average molecular weight is 361 g/mol. The van der Waals surface area contributed by atoms with Crippen LogP contribution in [-0.4, -0.2) is 35.9 Å². The molecule has 1 atom stereocenters. The van der Waals surface area contributed by atoms with Crippen molar-refractivity contribution >= 4 is 5.91 Å². The Kier molecular flexibility index (Phi) is 5.20. The molecule has 1 saturated carbocycles. The van der Waals surface area contributed by atoms with Gasteiger partial charge in [0.2, 0.25) is 0 Å². The van der Waals surface area contributed by atoms with E-state index in [-0.39, 0.29) is 11.9 Å². The predicted molar refractivity (Wildman–Crippen MR) is 101 cm³/mol. The molecule has 1 aliphatic heterocycles. The summed E-state index contributed by atoms with van der Waals surface area (Å²) in [5.41, 5.74) is 2.76. The quantitative estimate of drug-likeness (QED) is 0.865. The van der Waals surface area contributed by atoms with Gasteiger partial charge >= 0.3 is 0 Å². The molecule has 5 heteroatoms. The lowest BCUT2D eigenvalue weighted by atomic mass is 9.86. The van der Waals surface area contributed by atoms with Gasteiger partial charge in [0.15, 0.2) is 5.60 Å². The van der Waals surface area contributed by atoms with Crippen LogP contribution in [0.25, 0.3) is 0 Å². The molecule has 1 aromatic rings. The zero-order valence-corrected chi connectivity index (χ0v) is 16.6. The fourth-order valence-corrected chi connectivity index (χ4v) is 4.19. The molecule has 1 amide bonds. The molecule has 0 spiro atoms. The van der Waals surface area contributed by atoms with E-state index in [0.717, 1.165) is 60.1 Å². The van der Waals surface area contributed by atoms with Crippen LogP contribution in [0.2, 0.25) is 0 Å². The molecule has 0 aromatic heterocycles. The molecule has 2 aliphatic rings. The van der Waals surface area contributed by atoms with Gasteiger partial charge in [-0.05, 0) is 76.5 Å². The van der Waals surface area contributed by atoms with E-state index in [0.29, 0.717) is 18.3 Å². The smallest absolute Gasteiger partial charge is 0.264 e. The zero-order chi connectivity index (χ0) is 19.1. The normalized spacial score (nSPS) is 28.2. The first-order valence-electron chi connectivity index (χ1n) is 9.61. The molecule has 0 saturated heterocycles. The summed E-state index contributed by atoms with van der Waals surface area (Å²) in [6.07, 6.45) is 5.53. The van der Waals surface area contributed by atoms with Crippen LogP contribution < -0.4 is 10.1 Å². The van der Waals surface area contributed by atoms with Gasteiger partial charge in [-0.15, -0.1) is 0 Å². The third-order valence-electron chi connectivity index (χ3n) is 6.34. The number of methoxy groups -OCH3 is 1. The number of benzene rings is 1. The Hall–Kier alpha value is -1.75. The van der Waals surface area contributed by atoms with E-state index < -0.39 is 5.60 Å². The van der Waals surface area contributed by atoms with E-state index in [9.17, 15) is 9.90 Å². The Morgan fingerprint density at radius 3 is 2.42 bits per heavy atom. The summed E-state index contributed by atoms with van der Waals surface area (Å²) in [7, 11) is 1.75. The first-order chi connectivity index (χ1) is 12.3. The number of aromatic hydroxyl groups is 1. The highest BCUT2D eigenvalue weighted by Gasteiger charge is 2.41. The molecular formula is C21H31NO4. The number of carbonyl (C=O) groups excluding carboxylic acids is 1. The predicted octanol–water partition coefficient (Wildman–Crippen LogP) is 3.47. The largest absolute Gasteiger partial charge is 0.507 e. The summed E-state index contributed by atoms with van der Waals surface area (Å²) >= 11 is 0. The minimum Gasteiger partial charge on any atom is -0.507 e. The van der Waals surface area contributed by atoms with Crippen LogP contribution in [0.15, 0.2) is 0 Å². The van der Waals surface area contributed by atoms with E-state index in [1.807, 2.05) is 27.7 Å². The second-order valence-corrected chi connectivity index (χ2v) is 8.05. The van der Waals surface area contributed by atoms with Crippen LogP contribution in [-0.2, 0) is 16.0 Å². The van der Waals surface area contributed by atoms with Gasteiger partial charge in [-0.2, -0.15) is 0 Å². The van der Waals surface area contributed by atoms with Crippen molar-refractivity contribution in [3.8, 4) is 11.5 Å². The molecular weight excluding hydrogens is 330 g/mol. The van der Waals surface area contributed by atoms with Crippen molar-refractivity contribution in [2.24, 2.45) is 0 Å². The van der Waals surface area contributed by atoms with Crippen molar-refractivity contribution in [1.82, 2.24) is 5.32 Å². The number of amides is 1. The maximum atomic E-state index is 13.0. The van der Waals surface area contributed by atoms with Crippen molar-refractivity contribution < 1.29 is 19.4 Å². The molecule has 1 unspecified atom stereocenters. The summed E-state index contributed by atoms with van der Waals surface area (Å²) in [6.45, 7) is 7.63. The van der Waals surface area contributed by atoms with Gasteiger partial charge in [0.25, 0.3) is 5.91 Å². The van der Waals surface area contributed by atoms with E-state index in [2.05, 4.69) is 5.32 Å². The molecule has 144 valence electrons. The Labute approximate surface area is 156 Å². The number of ether oxygens (including phenoxy) is 2. The molecule has 0 bridgehead atoms. The highest BCUT2D eigenvalue weighted by atomic mass is 16.5. The van der Waals surface area contributed by atoms with E-state index in [1.165, 1.54) is 0 Å². The minimum absolute atomic E-state index is 0.0354. The van der Waals surface area contributed by atoms with Crippen LogP contribution >= 0.6 is 0 Å².